The molecule has 1 atom stereocenters. The van der Waals surface area contributed by atoms with Crippen molar-refractivity contribution >= 4 is 23.0 Å². The highest BCUT2D eigenvalue weighted by Crippen LogP contribution is 2.30. The summed E-state index contributed by atoms with van der Waals surface area (Å²) < 4.78 is 10.7. The molecular formula is C24H26N2O2S. The first-order chi connectivity index (χ1) is 14.0. The Labute approximate surface area is 177 Å². The zero-order valence-corrected chi connectivity index (χ0v) is 18.0. The predicted molar refractivity (Wildman–Crippen MR) is 123 cm³/mol. The Bertz CT molecular complexity index is 989. The summed E-state index contributed by atoms with van der Waals surface area (Å²) in [4.78, 5) is 0. The van der Waals surface area contributed by atoms with Crippen LogP contribution in [-0.2, 0) is 0 Å². The fraction of sp³-hybridized carbons (Fsp3) is 0.208. The predicted octanol–water partition coefficient (Wildman–Crippen LogP) is 5.40. The Morgan fingerprint density at radius 1 is 0.897 bits per heavy atom. The van der Waals surface area contributed by atoms with Crippen LogP contribution in [0.2, 0.25) is 0 Å². The quantitative estimate of drug-likeness (QED) is 0.537. The topological polar surface area (TPSA) is 42.5 Å². The van der Waals surface area contributed by atoms with Gasteiger partial charge in [0, 0.05) is 6.07 Å². The molecule has 3 rings (SSSR count). The summed E-state index contributed by atoms with van der Waals surface area (Å²) in [7, 11) is 3.25. The second-order valence-corrected chi connectivity index (χ2v) is 7.28. The van der Waals surface area contributed by atoms with E-state index in [4.69, 9.17) is 21.7 Å². The molecule has 5 heteroatoms. The summed E-state index contributed by atoms with van der Waals surface area (Å²) in [6.45, 7) is 4.23. The number of nitrogens with one attached hydrogen (secondary N) is 2. The molecular weight excluding hydrogens is 380 g/mol. The number of rotatable bonds is 6. The van der Waals surface area contributed by atoms with Crippen molar-refractivity contribution in [1.82, 2.24) is 5.32 Å². The van der Waals surface area contributed by atoms with Gasteiger partial charge in [0.2, 0.25) is 0 Å². The van der Waals surface area contributed by atoms with E-state index in [1.165, 1.54) is 16.7 Å². The highest BCUT2D eigenvalue weighted by Gasteiger charge is 2.18. The van der Waals surface area contributed by atoms with E-state index in [0.29, 0.717) is 10.9 Å². The van der Waals surface area contributed by atoms with Crippen molar-refractivity contribution in [2.24, 2.45) is 0 Å². The van der Waals surface area contributed by atoms with Gasteiger partial charge in [0.05, 0.1) is 25.9 Å². The molecule has 0 amide bonds. The Hall–Kier alpha value is -3.05. The zero-order chi connectivity index (χ0) is 20.8. The largest absolute Gasteiger partial charge is 0.497 e. The van der Waals surface area contributed by atoms with Crippen LogP contribution in [0.5, 0.6) is 11.5 Å². The van der Waals surface area contributed by atoms with Gasteiger partial charge in [0.1, 0.15) is 11.5 Å². The highest BCUT2D eigenvalue weighted by atomic mass is 32.1. The maximum Gasteiger partial charge on any atom is 0.171 e. The summed E-state index contributed by atoms with van der Waals surface area (Å²) in [5.74, 6) is 1.39. The molecule has 0 radical (unpaired) electrons. The third kappa shape index (κ3) is 5.06. The van der Waals surface area contributed by atoms with Crippen LogP contribution >= 0.6 is 12.2 Å². The molecule has 0 aliphatic carbocycles. The number of benzene rings is 3. The second kappa shape index (κ2) is 9.43. The monoisotopic (exact) mass is 406 g/mol. The molecule has 0 fully saturated rings. The normalized spacial score (nSPS) is 11.4. The SMILES string of the molecule is COc1ccc(NC(=S)N[C@@H](c2ccccc2)c2ccc(C)cc2C)c(OC)c1. The Morgan fingerprint density at radius 2 is 1.66 bits per heavy atom. The van der Waals surface area contributed by atoms with Crippen LogP contribution in [-0.4, -0.2) is 19.3 Å². The Balaban J connectivity index is 1.87. The van der Waals surface area contributed by atoms with E-state index >= 15 is 0 Å². The highest BCUT2D eigenvalue weighted by molar-refractivity contribution is 7.80. The van der Waals surface area contributed by atoms with Crippen molar-refractivity contribution in [3.63, 3.8) is 0 Å². The molecule has 0 unspecified atom stereocenters. The van der Waals surface area contributed by atoms with Crippen LogP contribution in [0.15, 0.2) is 66.7 Å². The third-order valence-corrected chi connectivity index (χ3v) is 5.02. The lowest BCUT2D eigenvalue weighted by Crippen LogP contribution is -2.33. The van der Waals surface area contributed by atoms with Crippen molar-refractivity contribution < 1.29 is 9.47 Å². The lowest BCUT2D eigenvalue weighted by atomic mass is 9.94. The average molecular weight is 407 g/mol. The van der Waals surface area contributed by atoms with Crippen molar-refractivity contribution in [2.75, 3.05) is 19.5 Å². The van der Waals surface area contributed by atoms with Gasteiger partial charge in [0.25, 0.3) is 0 Å². The molecule has 0 spiro atoms. The summed E-state index contributed by atoms with van der Waals surface area (Å²) in [5, 5.41) is 7.24. The van der Waals surface area contributed by atoms with Crippen molar-refractivity contribution in [1.29, 1.82) is 0 Å². The number of ether oxygens (including phenoxy) is 2. The molecule has 2 N–H and O–H groups in total. The molecule has 0 aliphatic rings. The minimum atomic E-state index is -0.0685. The molecule has 0 bridgehead atoms. The second-order valence-electron chi connectivity index (χ2n) is 6.87. The van der Waals surface area contributed by atoms with Gasteiger partial charge in [-0.3, -0.25) is 0 Å². The first kappa shape index (κ1) is 20.7. The van der Waals surface area contributed by atoms with Crippen LogP contribution in [0.1, 0.15) is 28.3 Å². The van der Waals surface area contributed by atoms with Gasteiger partial charge < -0.3 is 20.1 Å². The maximum atomic E-state index is 5.64. The van der Waals surface area contributed by atoms with Gasteiger partial charge in [-0.25, -0.2) is 0 Å². The molecule has 4 nitrogen and oxygen atoms in total. The van der Waals surface area contributed by atoms with Gasteiger partial charge in [-0.2, -0.15) is 0 Å². The molecule has 29 heavy (non-hydrogen) atoms. The molecule has 3 aromatic carbocycles. The van der Waals surface area contributed by atoms with E-state index in [1.54, 1.807) is 14.2 Å². The fourth-order valence-electron chi connectivity index (χ4n) is 3.33. The number of methoxy groups -OCH3 is 2. The molecule has 0 saturated heterocycles. The number of anilines is 1. The standard InChI is InChI=1S/C24H26N2O2S/c1-16-10-12-20(17(2)14-16)23(18-8-6-5-7-9-18)26-24(29)25-21-13-11-19(27-3)15-22(21)28-4/h5-15,23H,1-4H3,(H2,25,26,29)/t23-/m0/s1. The van der Waals surface area contributed by atoms with E-state index in [0.717, 1.165) is 17.0 Å². The Morgan fingerprint density at radius 3 is 2.31 bits per heavy atom. The number of thiocarbonyl (C=S) groups is 1. The molecule has 3 aromatic rings. The van der Waals surface area contributed by atoms with E-state index < -0.39 is 0 Å². The minimum absolute atomic E-state index is 0.0685. The van der Waals surface area contributed by atoms with E-state index in [1.807, 2.05) is 36.4 Å². The van der Waals surface area contributed by atoms with Crippen molar-refractivity contribution in [3.8, 4) is 11.5 Å². The molecule has 0 aromatic heterocycles. The number of aryl methyl sites for hydroxylation is 2. The van der Waals surface area contributed by atoms with Gasteiger partial charge in [0.15, 0.2) is 5.11 Å². The third-order valence-electron chi connectivity index (χ3n) is 4.80. The number of hydrogen-bond acceptors (Lipinski definition) is 3. The van der Waals surface area contributed by atoms with Gasteiger partial charge in [-0.05, 0) is 54.9 Å². The van der Waals surface area contributed by atoms with E-state index in [2.05, 4.69) is 54.8 Å². The summed E-state index contributed by atoms with van der Waals surface area (Å²) in [6, 6.07) is 22.3. The molecule has 0 aliphatic heterocycles. The molecule has 150 valence electrons. The summed E-state index contributed by atoms with van der Waals surface area (Å²) in [6.07, 6.45) is 0. The van der Waals surface area contributed by atoms with Crippen LogP contribution in [0, 0.1) is 13.8 Å². The van der Waals surface area contributed by atoms with Crippen LogP contribution < -0.4 is 20.1 Å². The number of hydrogen-bond donors (Lipinski definition) is 2. The lowest BCUT2D eigenvalue weighted by Gasteiger charge is -2.24. The minimum Gasteiger partial charge on any atom is -0.497 e. The van der Waals surface area contributed by atoms with Gasteiger partial charge in [-0.15, -0.1) is 0 Å². The van der Waals surface area contributed by atoms with Crippen LogP contribution in [0.3, 0.4) is 0 Å². The van der Waals surface area contributed by atoms with Gasteiger partial charge in [-0.1, -0.05) is 54.1 Å². The van der Waals surface area contributed by atoms with Crippen molar-refractivity contribution in [2.45, 2.75) is 19.9 Å². The summed E-state index contributed by atoms with van der Waals surface area (Å²) >= 11 is 5.64. The smallest absolute Gasteiger partial charge is 0.171 e. The summed E-state index contributed by atoms with van der Waals surface area (Å²) in [5.41, 5.74) is 5.56. The maximum absolute atomic E-state index is 5.64. The lowest BCUT2D eigenvalue weighted by molar-refractivity contribution is 0.395. The Kier molecular flexibility index (Phi) is 6.73. The first-order valence-electron chi connectivity index (χ1n) is 9.43. The molecule has 0 heterocycles. The van der Waals surface area contributed by atoms with Crippen molar-refractivity contribution in [3.05, 3.63) is 89.0 Å². The van der Waals surface area contributed by atoms with E-state index in [-0.39, 0.29) is 6.04 Å². The fourth-order valence-corrected chi connectivity index (χ4v) is 3.55. The van der Waals surface area contributed by atoms with Gasteiger partial charge >= 0.3 is 0 Å². The van der Waals surface area contributed by atoms with Crippen LogP contribution in [0.4, 0.5) is 5.69 Å². The molecule has 0 saturated carbocycles. The van der Waals surface area contributed by atoms with Crippen LogP contribution in [0.25, 0.3) is 0 Å². The van der Waals surface area contributed by atoms with E-state index in [9.17, 15) is 0 Å². The zero-order valence-electron chi connectivity index (χ0n) is 17.2. The average Bonchev–Trinajstić information content (AvgIpc) is 2.73. The first-order valence-corrected chi connectivity index (χ1v) is 9.84.